The Morgan fingerprint density at radius 2 is 1.81 bits per heavy atom. The van der Waals surface area contributed by atoms with Crippen LogP contribution in [0.1, 0.15) is 41.7 Å². The van der Waals surface area contributed by atoms with Crippen LogP contribution in [0.2, 0.25) is 0 Å². The number of amides is 1. The normalized spacial score (nSPS) is 23.1. The van der Waals surface area contributed by atoms with Crippen LogP contribution < -0.4 is 19.8 Å². The van der Waals surface area contributed by atoms with Crippen molar-refractivity contribution in [3.8, 4) is 0 Å². The second kappa shape index (κ2) is 11.2. The summed E-state index contributed by atoms with van der Waals surface area (Å²) in [6.07, 6.45) is 0.715. The van der Waals surface area contributed by atoms with Gasteiger partial charge in [-0.3, -0.25) is 18.7 Å². The number of ether oxygens (including phenoxy) is 1. The van der Waals surface area contributed by atoms with Crippen molar-refractivity contribution >= 4 is 45.0 Å². The standard InChI is InChI=1S/C27H33F3N6O5S/c1-17-11-22(33-25(31-17)35-9-6-27(29,30)7-10-35)32-24(38)20-4-3-19(34-42(39,40)15-23(37)41-2)12-21(20)36-8-5-26(16-28)13-18(26)14-36/h3-4,11-12,18,34H,5-10,13-16H2,1-2H3,(H,31,32,33,38). The van der Waals surface area contributed by atoms with E-state index in [0.717, 1.165) is 13.5 Å². The number of benzene rings is 1. The third-order valence-electron chi connectivity index (χ3n) is 8.20. The minimum atomic E-state index is -4.08. The van der Waals surface area contributed by atoms with Crippen LogP contribution in [-0.2, 0) is 19.6 Å². The van der Waals surface area contributed by atoms with Crippen LogP contribution in [0.4, 0.5) is 36.3 Å². The molecule has 42 heavy (non-hydrogen) atoms. The second-order valence-electron chi connectivity index (χ2n) is 11.3. The Labute approximate surface area is 241 Å². The third-order valence-corrected chi connectivity index (χ3v) is 9.36. The molecule has 0 radical (unpaired) electrons. The highest BCUT2D eigenvalue weighted by molar-refractivity contribution is 7.93. The summed E-state index contributed by atoms with van der Waals surface area (Å²) >= 11 is 0. The molecule has 1 aliphatic carbocycles. The fourth-order valence-electron chi connectivity index (χ4n) is 5.61. The van der Waals surface area contributed by atoms with Gasteiger partial charge >= 0.3 is 5.97 Å². The van der Waals surface area contributed by atoms with Crippen LogP contribution in [0, 0.1) is 18.3 Å². The number of methoxy groups -OCH3 is 1. The highest BCUT2D eigenvalue weighted by atomic mass is 32.2. The topological polar surface area (TPSA) is 134 Å². The number of hydrogen-bond donors (Lipinski definition) is 2. The number of rotatable bonds is 9. The minimum absolute atomic E-state index is 0.0812. The second-order valence-corrected chi connectivity index (χ2v) is 13.0. The summed E-state index contributed by atoms with van der Waals surface area (Å²) in [5, 5.41) is 2.76. The van der Waals surface area contributed by atoms with Gasteiger partial charge in [0.25, 0.3) is 11.8 Å². The summed E-state index contributed by atoms with van der Waals surface area (Å²) in [7, 11) is -3.00. The van der Waals surface area contributed by atoms with Crippen LogP contribution in [0.25, 0.3) is 0 Å². The quantitative estimate of drug-likeness (QED) is 0.410. The summed E-state index contributed by atoms with van der Waals surface area (Å²) in [6.45, 7) is 2.43. The number of nitrogens with zero attached hydrogens (tertiary/aromatic N) is 4. The number of halogens is 3. The van der Waals surface area contributed by atoms with E-state index in [9.17, 15) is 31.2 Å². The highest BCUT2D eigenvalue weighted by Gasteiger charge is 2.56. The minimum Gasteiger partial charge on any atom is -0.468 e. The van der Waals surface area contributed by atoms with Gasteiger partial charge in [-0.25, -0.2) is 22.2 Å². The molecule has 11 nitrogen and oxygen atoms in total. The molecule has 1 amide bonds. The van der Waals surface area contributed by atoms with Crippen molar-refractivity contribution in [3.63, 3.8) is 0 Å². The lowest BCUT2D eigenvalue weighted by molar-refractivity contribution is -0.137. The number of aryl methyl sites for hydroxylation is 1. The predicted molar refractivity (Wildman–Crippen MR) is 150 cm³/mol. The predicted octanol–water partition coefficient (Wildman–Crippen LogP) is 3.37. The van der Waals surface area contributed by atoms with Gasteiger partial charge in [0.1, 0.15) is 5.82 Å². The molecule has 15 heteroatoms. The Hall–Kier alpha value is -3.62. The molecule has 0 spiro atoms. The number of piperidine rings is 2. The molecule has 1 aromatic heterocycles. The van der Waals surface area contributed by atoms with Gasteiger partial charge in [0, 0.05) is 56.2 Å². The van der Waals surface area contributed by atoms with E-state index in [2.05, 4.69) is 24.7 Å². The van der Waals surface area contributed by atoms with Crippen molar-refractivity contribution in [1.29, 1.82) is 0 Å². The van der Waals surface area contributed by atoms with Gasteiger partial charge in [0.2, 0.25) is 16.0 Å². The molecule has 3 fully saturated rings. The average molecular weight is 611 g/mol. The molecule has 1 aromatic carbocycles. The first-order valence-corrected chi connectivity index (χ1v) is 15.3. The van der Waals surface area contributed by atoms with E-state index >= 15 is 0 Å². The van der Waals surface area contributed by atoms with Crippen molar-refractivity contribution in [2.75, 3.05) is 65.6 Å². The van der Waals surface area contributed by atoms with E-state index < -0.39 is 40.2 Å². The molecule has 5 rings (SSSR count). The zero-order chi connectivity index (χ0) is 30.3. The molecule has 0 bridgehead atoms. The van der Waals surface area contributed by atoms with Crippen LogP contribution >= 0.6 is 0 Å². The van der Waals surface area contributed by atoms with Crippen molar-refractivity contribution in [1.82, 2.24) is 9.97 Å². The molecule has 2 unspecified atom stereocenters. The first kappa shape index (κ1) is 29.9. The third kappa shape index (κ3) is 6.55. The molecule has 2 N–H and O–H groups in total. The lowest BCUT2D eigenvalue weighted by Gasteiger charge is -2.33. The Kier molecular flexibility index (Phi) is 7.98. The van der Waals surface area contributed by atoms with Gasteiger partial charge in [0.05, 0.1) is 30.7 Å². The molecule has 1 saturated carbocycles. The fraction of sp³-hybridized carbons (Fsp3) is 0.556. The Morgan fingerprint density at radius 3 is 2.48 bits per heavy atom. The van der Waals surface area contributed by atoms with Gasteiger partial charge in [-0.2, -0.15) is 4.98 Å². The molecule has 2 aromatic rings. The Balaban J connectivity index is 1.40. The molecule has 3 aliphatic rings. The van der Waals surface area contributed by atoms with E-state index in [1.165, 1.54) is 18.2 Å². The van der Waals surface area contributed by atoms with Crippen LogP contribution in [0.15, 0.2) is 24.3 Å². The number of aromatic nitrogens is 2. The maximum Gasteiger partial charge on any atom is 0.322 e. The number of anilines is 4. The molecule has 2 aliphatic heterocycles. The van der Waals surface area contributed by atoms with E-state index in [1.807, 2.05) is 4.90 Å². The van der Waals surface area contributed by atoms with Crippen LogP contribution in [-0.4, -0.2) is 81.9 Å². The maximum atomic E-state index is 13.7. The zero-order valence-corrected chi connectivity index (χ0v) is 24.1. The number of sulfonamides is 1. The zero-order valence-electron chi connectivity index (χ0n) is 23.3. The number of carbonyl (C=O) groups excluding carboxylic acids is 2. The summed E-state index contributed by atoms with van der Waals surface area (Å²) < 4.78 is 72.7. The summed E-state index contributed by atoms with van der Waals surface area (Å²) in [6, 6.07) is 5.95. The number of fused-ring (bicyclic) bond motifs is 1. The molecule has 2 saturated heterocycles. The lowest BCUT2D eigenvalue weighted by Crippen LogP contribution is -2.40. The molecular weight excluding hydrogens is 577 g/mol. The highest BCUT2D eigenvalue weighted by Crippen LogP contribution is 2.58. The van der Waals surface area contributed by atoms with Gasteiger partial charge in [-0.1, -0.05) is 0 Å². The van der Waals surface area contributed by atoms with E-state index in [-0.39, 0.29) is 60.3 Å². The largest absolute Gasteiger partial charge is 0.468 e. The van der Waals surface area contributed by atoms with Crippen LogP contribution in [0.5, 0.6) is 0 Å². The monoisotopic (exact) mass is 610 g/mol. The number of nitrogens with one attached hydrogen (secondary N) is 2. The maximum absolute atomic E-state index is 13.7. The number of esters is 1. The molecule has 2 atom stereocenters. The lowest BCUT2D eigenvalue weighted by atomic mass is 9.96. The summed E-state index contributed by atoms with van der Waals surface area (Å²) in [5.74, 6) is -4.52. The van der Waals surface area contributed by atoms with Crippen molar-refractivity contribution in [2.45, 2.75) is 38.5 Å². The SMILES string of the molecule is COC(=O)CS(=O)(=O)Nc1ccc(C(=O)Nc2cc(C)nc(N3CCC(F)(F)CC3)n2)c(N2CCC3(CF)CC3C2)c1. The van der Waals surface area contributed by atoms with E-state index in [0.29, 0.717) is 30.9 Å². The van der Waals surface area contributed by atoms with Crippen molar-refractivity contribution in [3.05, 3.63) is 35.5 Å². The first-order valence-electron chi connectivity index (χ1n) is 13.6. The average Bonchev–Trinajstić information content (AvgIpc) is 3.66. The van der Waals surface area contributed by atoms with Crippen molar-refractivity contribution in [2.24, 2.45) is 11.3 Å². The van der Waals surface area contributed by atoms with Gasteiger partial charge < -0.3 is 19.9 Å². The Morgan fingerprint density at radius 1 is 1.10 bits per heavy atom. The fourth-order valence-corrected chi connectivity index (χ4v) is 6.60. The molecular formula is C27H33F3N6O5S. The number of hydrogen-bond acceptors (Lipinski definition) is 9. The van der Waals surface area contributed by atoms with Crippen LogP contribution in [0.3, 0.4) is 0 Å². The smallest absolute Gasteiger partial charge is 0.322 e. The van der Waals surface area contributed by atoms with Gasteiger partial charge in [-0.15, -0.1) is 0 Å². The Bertz CT molecular complexity index is 1480. The van der Waals surface area contributed by atoms with E-state index in [4.69, 9.17) is 0 Å². The van der Waals surface area contributed by atoms with E-state index in [1.54, 1.807) is 17.9 Å². The van der Waals surface area contributed by atoms with Gasteiger partial charge in [-0.05, 0) is 43.9 Å². The summed E-state index contributed by atoms with van der Waals surface area (Å²) in [5.41, 5.74) is 1.02. The van der Waals surface area contributed by atoms with Crippen molar-refractivity contribution < 1.29 is 35.9 Å². The van der Waals surface area contributed by atoms with Gasteiger partial charge in [0.15, 0.2) is 5.75 Å². The number of carbonyl (C=O) groups is 2. The molecule has 3 heterocycles. The first-order chi connectivity index (χ1) is 19.8. The molecule has 228 valence electrons. The number of alkyl halides is 3. The summed E-state index contributed by atoms with van der Waals surface area (Å²) in [4.78, 5) is 37.5.